The van der Waals surface area contributed by atoms with Crippen LogP contribution in [0.1, 0.15) is 15.9 Å². The summed E-state index contributed by atoms with van der Waals surface area (Å²) in [6.45, 7) is 0.894. The third kappa shape index (κ3) is 4.66. The van der Waals surface area contributed by atoms with Gasteiger partial charge in [0.2, 0.25) is 5.91 Å². The van der Waals surface area contributed by atoms with Crippen LogP contribution < -0.4 is 10.6 Å². The Morgan fingerprint density at radius 2 is 1.84 bits per heavy atom. The van der Waals surface area contributed by atoms with E-state index in [9.17, 15) is 19.5 Å². The van der Waals surface area contributed by atoms with E-state index in [1.807, 2.05) is 0 Å². The molecule has 0 radical (unpaired) electrons. The van der Waals surface area contributed by atoms with Gasteiger partial charge in [0.15, 0.2) is 0 Å². The second kappa shape index (κ2) is 6.39. The van der Waals surface area contributed by atoms with Gasteiger partial charge in [-0.25, -0.2) is 0 Å². The number of carbonyl (C=O) groups is 3. The summed E-state index contributed by atoms with van der Waals surface area (Å²) in [6.07, 6.45) is 0. The summed E-state index contributed by atoms with van der Waals surface area (Å²) < 4.78 is 0. The first-order chi connectivity index (χ1) is 8.90. The molecule has 0 heterocycles. The topological polar surface area (TPSA) is 116 Å². The van der Waals surface area contributed by atoms with Gasteiger partial charge in [-0.15, -0.1) is 0 Å². The average Bonchev–Trinajstić information content (AvgIpc) is 2.33. The third-order valence-electron chi connectivity index (χ3n) is 2.24. The average molecular weight is 266 g/mol. The Hall–Kier alpha value is -2.57. The van der Waals surface area contributed by atoms with Gasteiger partial charge in [-0.05, 0) is 24.6 Å². The highest BCUT2D eigenvalue weighted by atomic mass is 16.4. The number of carboxylic acid groups (broad SMARTS) is 1. The minimum Gasteiger partial charge on any atom is -0.507 e. The van der Waals surface area contributed by atoms with Crippen LogP contribution in [0.25, 0.3) is 0 Å². The first-order valence-electron chi connectivity index (χ1n) is 5.46. The van der Waals surface area contributed by atoms with E-state index in [0.717, 1.165) is 5.56 Å². The Morgan fingerprint density at radius 1 is 1.16 bits per heavy atom. The van der Waals surface area contributed by atoms with E-state index in [1.165, 1.54) is 12.1 Å². The van der Waals surface area contributed by atoms with E-state index in [-0.39, 0.29) is 17.9 Å². The maximum absolute atomic E-state index is 11.7. The number of aryl methyl sites for hydroxylation is 1. The van der Waals surface area contributed by atoms with Crippen LogP contribution in [0.4, 0.5) is 0 Å². The molecule has 0 aliphatic rings. The monoisotopic (exact) mass is 266 g/mol. The van der Waals surface area contributed by atoms with Crippen LogP contribution in [0.3, 0.4) is 0 Å². The molecule has 0 saturated carbocycles. The molecule has 0 saturated heterocycles. The lowest BCUT2D eigenvalue weighted by Gasteiger charge is -2.07. The molecule has 0 aromatic heterocycles. The lowest BCUT2D eigenvalue weighted by molar-refractivity contribution is -0.137. The number of aromatic hydroxyl groups is 1. The van der Waals surface area contributed by atoms with Crippen molar-refractivity contribution in [3.05, 3.63) is 29.3 Å². The largest absolute Gasteiger partial charge is 0.507 e. The fourth-order valence-corrected chi connectivity index (χ4v) is 1.33. The van der Waals surface area contributed by atoms with Crippen molar-refractivity contribution in [2.45, 2.75) is 6.92 Å². The van der Waals surface area contributed by atoms with Crippen LogP contribution in [0.2, 0.25) is 0 Å². The molecule has 1 aromatic rings. The molecule has 7 nitrogen and oxygen atoms in total. The molecule has 4 N–H and O–H groups in total. The van der Waals surface area contributed by atoms with Crippen molar-refractivity contribution in [2.75, 3.05) is 13.1 Å². The highest BCUT2D eigenvalue weighted by molar-refractivity contribution is 5.98. The summed E-state index contributed by atoms with van der Waals surface area (Å²) in [5.74, 6) is -2.58. The molecular weight excluding hydrogens is 252 g/mol. The molecule has 0 unspecified atom stereocenters. The van der Waals surface area contributed by atoms with Crippen molar-refractivity contribution in [3.63, 3.8) is 0 Å². The Morgan fingerprint density at radius 3 is 2.42 bits per heavy atom. The van der Waals surface area contributed by atoms with Crippen LogP contribution in [-0.2, 0) is 9.59 Å². The molecule has 0 atom stereocenters. The molecule has 7 heteroatoms. The molecule has 0 spiro atoms. The van der Waals surface area contributed by atoms with E-state index in [0.29, 0.717) is 0 Å². The van der Waals surface area contributed by atoms with E-state index in [2.05, 4.69) is 10.6 Å². The number of nitrogens with one attached hydrogen (secondary N) is 2. The van der Waals surface area contributed by atoms with Crippen LogP contribution >= 0.6 is 0 Å². The molecule has 0 aliphatic heterocycles. The third-order valence-corrected chi connectivity index (χ3v) is 2.24. The first-order valence-corrected chi connectivity index (χ1v) is 5.46. The van der Waals surface area contributed by atoms with Crippen LogP contribution in [0.15, 0.2) is 18.2 Å². The SMILES string of the molecule is Cc1ccc(C(=O)NCC(=O)NCC(=O)O)c(O)c1. The molecule has 1 rings (SSSR count). The van der Waals surface area contributed by atoms with Crippen LogP contribution in [0.5, 0.6) is 5.75 Å². The molecule has 19 heavy (non-hydrogen) atoms. The zero-order valence-corrected chi connectivity index (χ0v) is 10.3. The molecule has 1 aromatic carbocycles. The van der Waals surface area contributed by atoms with Crippen LogP contribution in [0, 0.1) is 6.92 Å². The summed E-state index contributed by atoms with van der Waals surface area (Å²) in [5, 5.41) is 22.3. The Balaban J connectivity index is 2.51. The summed E-state index contributed by atoms with van der Waals surface area (Å²) >= 11 is 0. The molecule has 0 bridgehead atoms. The number of carbonyl (C=O) groups excluding carboxylic acids is 2. The normalized spacial score (nSPS) is 9.74. The number of benzene rings is 1. The highest BCUT2D eigenvalue weighted by Crippen LogP contribution is 2.17. The van der Waals surface area contributed by atoms with Gasteiger partial charge in [0.1, 0.15) is 12.3 Å². The van der Waals surface area contributed by atoms with Gasteiger partial charge >= 0.3 is 5.97 Å². The van der Waals surface area contributed by atoms with Gasteiger partial charge < -0.3 is 20.8 Å². The van der Waals surface area contributed by atoms with Crippen molar-refractivity contribution in [2.24, 2.45) is 0 Å². The smallest absolute Gasteiger partial charge is 0.322 e. The Bertz CT molecular complexity index is 513. The minimum absolute atomic E-state index is 0.0524. The van der Waals surface area contributed by atoms with E-state index >= 15 is 0 Å². The second-order valence-corrected chi connectivity index (χ2v) is 3.87. The van der Waals surface area contributed by atoms with E-state index in [4.69, 9.17) is 5.11 Å². The molecule has 0 aliphatic carbocycles. The van der Waals surface area contributed by atoms with Crippen molar-refractivity contribution >= 4 is 17.8 Å². The highest BCUT2D eigenvalue weighted by Gasteiger charge is 2.12. The summed E-state index contributed by atoms with van der Waals surface area (Å²) in [5.41, 5.74) is 0.852. The van der Waals surface area contributed by atoms with Crippen molar-refractivity contribution in [1.82, 2.24) is 10.6 Å². The van der Waals surface area contributed by atoms with Crippen molar-refractivity contribution < 1.29 is 24.6 Å². The zero-order valence-electron chi connectivity index (χ0n) is 10.3. The number of phenols is 1. The van der Waals surface area contributed by atoms with E-state index in [1.54, 1.807) is 13.0 Å². The summed E-state index contributed by atoms with van der Waals surface area (Å²) in [7, 11) is 0. The number of aliphatic carboxylic acids is 1. The van der Waals surface area contributed by atoms with Crippen LogP contribution in [-0.4, -0.2) is 41.1 Å². The minimum atomic E-state index is -1.17. The van der Waals surface area contributed by atoms with Gasteiger partial charge in [-0.1, -0.05) is 6.07 Å². The van der Waals surface area contributed by atoms with Crippen molar-refractivity contribution in [1.29, 1.82) is 0 Å². The lowest BCUT2D eigenvalue weighted by atomic mass is 10.1. The standard InChI is InChI=1S/C12H14N2O5/c1-7-2-3-8(9(15)4-7)12(19)14-5-10(16)13-6-11(17)18/h2-4,15H,5-6H2,1H3,(H,13,16)(H,14,19)(H,17,18). The predicted molar refractivity (Wildman–Crippen MR) is 65.8 cm³/mol. The predicted octanol–water partition coefficient (Wildman–Crippen LogP) is -0.369. The number of amides is 2. The molecule has 102 valence electrons. The fraction of sp³-hybridized carbons (Fsp3) is 0.250. The molecule has 0 fully saturated rings. The number of rotatable bonds is 5. The number of carboxylic acids is 1. The number of phenolic OH excluding ortho intramolecular Hbond substituents is 1. The van der Waals surface area contributed by atoms with Gasteiger partial charge in [0, 0.05) is 0 Å². The van der Waals surface area contributed by atoms with E-state index < -0.39 is 24.3 Å². The first kappa shape index (κ1) is 14.5. The quantitative estimate of drug-likeness (QED) is 0.580. The van der Waals surface area contributed by atoms with Gasteiger partial charge in [0.25, 0.3) is 5.91 Å². The Labute approximate surface area is 109 Å². The maximum Gasteiger partial charge on any atom is 0.322 e. The van der Waals surface area contributed by atoms with Crippen molar-refractivity contribution in [3.8, 4) is 5.75 Å². The van der Waals surface area contributed by atoms with Gasteiger partial charge in [-0.2, -0.15) is 0 Å². The summed E-state index contributed by atoms with van der Waals surface area (Å²) in [6, 6.07) is 4.52. The lowest BCUT2D eigenvalue weighted by Crippen LogP contribution is -2.39. The second-order valence-electron chi connectivity index (χ2n) is 3.87. The van der Waals surface area contributed by atoms with Gasteiger partial charge in [0.05, 0.1) is 12.1 Å². The summed E-state index contributed by atoms with van der Waals surface area (Å²) in [4.78, 5) is 33.0. The number of hydrogen-bond donors (Lipinski definition) is 4. The fourth-order valence-electron chi connectivity index (χ4n) is 1.33. The van der Waals surface area contributed by atoms with Gasteiger partial charge in [-0.3, -0.25) is 14.4 Å². The maximum atomic E-state index is 11.7. The molecule has 2 amide bonds. The number of hydrogen-bond acceptors (Lipinski definition) is 4. The molecular formula is C12H14N2O5. The zero-order chi connectivity index (χ0) is 14.4. The Kier molecular flexibility index (Phi) is 4.87.